The van der Waals surface area contributed by atoms with Gasteiger partial charge in [0, 0.05) is 32.0 Å². The van der Waals surface area contributed by atoms with Gasteiger partial charge >= 0.3 is 0 Å². The van der Waals surface area contributed by atoms with Gasteiger partial charge in [0.05, 0.1) is 25.0 Å². The highest BCUT2D eigenvalue weighted by atomic mass is 16.5. The van der Waals surface area contributed by atoms with Gasteiger partial charge in [0.25, 0.3) is 0 Å². The third kappa shape index (κ3) is 4.28. The van der Waals surface area contributed by atoms with Crippen molar-refractivity contribution in [2.75, 3.05) is 32.7 Å². The first-order chi connectivity index (χ1) is 17.5. The molecule has 3 fully saturated rings. The lowest BCUT2D eigenvalue weighted by atomic mass is 9.74. The lowest BCUT2D eigenvalue weighted by molar-refractivity contribution is -0.141. The number of benzene rings is 1. The van der Waals surface area contributed by atoms with Crippen LogP contribution in [0.3, 0.4) is 0 Å². The molecule has 0 radical (unpaired) electrons. The number of rotatable bonds is 9. The molecule has 0 unspecified atom stereocenters. The van der Waals surface area contributed by atoms with Crippen LogP contribution in [0.15, 0.2) is 36.4 Å². The molecule has 194 valence electrons. The monoisotopic (exact) mass is 497 g/mol. The molecule has 1 aromatic rings. The first-order valence-electron chi connectivity index (χ1n) is 12.9. The Morgan fingerprint density at radius 3 is 2.56 bits per heavy atom. The summed E-state index contributed by atoms with van der Waals surface area (Å²) in [6.45, 7) is 0.835. The minimum atomic E-state index is -1.14. The maximum absolute atomic E-state index is 13.8. The van der Waals surface area contributed by atoms with Crippen molar-refractivity contribution < 1.29 is 28.6 Å². The molecule has 5 rings (SSSR count). The molecule has 1 aromatic carbocycles. The number of hydrogen-bond acceptors (Lipinski definition) is 6. The molecule has 1 saturated carbocycles. The summed E-state index contributed by atoms with van der Waals surface area (Å²) < 4.78 is 16.8. The maximum Gasteiger partial charge on any atom is 0.246 e. The molecule has 2 saturated heterocycles. The SMILES string of the molecule is COCCCN1C(=O)[C@H]2[C@@H](C(=O)Nc3ccc(OC)cc3)[C@H]3C=C[C@@]2(O3)[C@H]1C(=O)NC1CCCCC1. The number of hydrogen-bond donors (Lipinski definition) is 2. The number of nitrogens with one attached hydrogen (secondary N) is 2. The number of nitrogens with zero attached hydrogens (tertiary/aromatic N) is 1. The summed E-state index contributed by atoms with van der Waals surface area (Å²) in [6, 6.07) is 6.33. The van der Waals surface area contributed by atoms with Crippen molar-refractivity contribution in [2.24, 2.45) is 11.8 Å². The average molecular weight is 498 g/mol. The Hall–Kier alpha value is -2.91. The maximum atomic E-state index is 13.8. The van der Waals surface area contributed by atoms with Gasteiger partial charge in [-0.15, -0.1) is 0 Å². The van der Waals surface area contributed by atoms with E-state index in [-0.39, 0.29) is 23.8 Å². The van der Waals surface area contributed by atoms with E-state index in [0.717, 1.165) is 25.7 Å². The van der Waals surface area contributed by atoms with Gasteiger partial charge < -0.3 is 29.7 Å². The largest absolute Gasteiger partial charge is 0.497 e. The second-order valence-electron chi connectivity index (χ2n) is 10.1. The molecule has 2 bridgehead atoms. The summed E-state index contributed by atoms with van der Waals surface area (Å²) >= 11 is 0. The smallest absolute Gasteiger partial charge is 0.246 e. The number of carbonyl (C=O) groups excluding carboxylic acids is 3. The molecule has 2 N–H and O–H groups in total. The predicted octanol–water partition coefficient (Wildman–Crippen LogP) is 2.27. The summed E-state index contributed by atoms with van der Waals surface area (Å²) in [5, 5.41) is 6.12. The molecule has 5 atom stereocenters. The molecule has 3 heterocycles. The van der Waals surface area contributed by atoms with E-state index in [9.17, 15) is 14.4 Å². The minimum Gasteiger partial charge on any atom is -0.497 e. The van der Waals surface area contributed by atoms with Crippen LogP contribution in [0.1, 0.15) is 38.5 Å². The van der Waals surface area contributed by atoms with Crippen molar-refractivity contribution in [1.29, 1.82) is 0 Å². The van der Waals surface area contributed by atoms with Crippen LogP contribution >= 0.6 is 0 Å². The summed E-state index contributed by atoms with van der Waals surface area (Å²) in [5.41, 5.74) is -0.536. The number of fused-ring (bicyclic) bond motifs is 1. The standard InChI is InChI=1S/C27H35N3O6/c1-34-16-6-15-30-23(25(32)29-17-7-4-3-5-8-17)27-14-13-20(36-27)21(22(27)26(30)33)24(31)28-18-9-11-19(35-2)12-10-18/h9-14,17,20-23H,3-8,15-16H2,1-2H3,(H,28,31)(H,29,32)/t20-,21+,22-,23-,27+/m1/s1. The van der Waals surface area contributed by atoms with Crippen molar-refractivity contribution in [1.82, 2.24) is 10.2 Å². The van der Waals surface area contributed by atoms with Gasteiger partial charge in [0.1, 0.15) is 17.4 Å². The highest BCUT2D eigenvalue weighted by molar-refractivity contribution is 6.02. The van der Waals surface area contributed by atoms with E-state index in [0.29, 0.717) is 31.0 Å². The van der Waals surface area contributed by atoms with Gasteiger partial charge in [-0.2, -0.15) is 0 Å². The lowest BCUT2D eigenvalue weighted by Crippen LogP contribution is -2.56. The number of amides is 3. The first kappa shape index (κ1) is 24.8. The zero-order chi connectivity index (χ0) is 25.3. The Morgan fingerprint density at radius 1 is 1.11 bits per heavy atom. The van der Waals surface area contributed by atoms with Crippen LogP contribution in [0.25, 0.3) is 0 Å². The van der Waals surface area contributed by atoms with Crippen LogP contribution < -0.4 is 15.4 Å². The van der Waals surface area contributed by atoms with E-state index in [1.807, 2.05) is 12.2 Å². The second-order valence-corrected chi connectivity index (χ2v) is 10.1. The molecular weight excluding hydrogens is 462 g/mol. The number of methoxy groups -OCH3 is 2. The fourth-order valence-electron chi connectivity index (χ4n) is 6.31. The molecule has 3 aliphatic heterocycles. The molecule has 36 heavy (non-hydrogen) atoms. The zero-order valence-corrected chi connectivity index (χ0v) is 20.9. The third-order valence-electron chi connectivity index (χ3n) is 7.98. The van der Waals surface area contributed by atoms with Crippen molar-refractivity contribution in [2.45, 2.75) is 62.3 Å². The second kappa shape index (κ2) is 10.2. The Labute approximate surface area is 211 Å². The van der Waals surface area contributed by atoms with Crippen LogP contribution in [-0.4, -0.2) is 73.8 Å². The summed E-state index contributed by atoms with van der Waals surface area (Å²) in [6.07, 6.45) is 8.97. The molecule has 3 amide bonds. The Balaban J connectivity index is 1.40. The van der Waals surface area contributed by atoms with Gasteiger partial charge in [-0.1, -0.05) is 31.4 Å². The quantitative estimate of drug-likeness (QED) is 0.401. The van der Waals surface area contributed by atoms with Crippen LogP contribution in [0.2, 0.25) is 0 Å². The Kier molecular flexibility index (Phi) is 7.03. The van der Waals surface area contributed by atoms with Crippen molar-refractivity contribution in [3.8, 4) is 5.75 Å². The van der Waals surface area contributed by atoms with Gasteiger partial charge in [-0.3, -0.25) is 14.4 Å². The van der Waals surface area contributed by atoms with E-state index in [1.54, 1.807) is 43.4 Å². The minimum absolute atomic E-state index is 0.106. The van der Waals surface area contributed by atoms with Crippen molar-refractivity contribution in [3.05, 3.63) is 36.4 Å². The number of anilines is 1. The Morgan fingerprint density at radius 2 is 1.86 bits per heavy atom. The summed E-state index contributed by atoms with van der Waals surface area (Å²) in [7, 11) is 3.19. The molecule has 1 aliphatic carbocycles. The summed E-state index contributed by atoms with van der Waals surface area (Å²) in [5.74, 6) is -1.49. The van der Waals surface area contributed by atoms with Crippen molar-refractivity contribution in [3.63, 3.8) is 0 Å². The predicted molar refractivity (Wildman–Crippen MR) is 132 cm³/mol. The Bertz CT molecular complexity index is 1020. The first-order valence-corrected chi connectivity index (χ1v) is 12.9. The number of ether oxygens (including phenoxy) is 3. The molecular formula is C27H35N3O6. The highest BCUT2D eigenvalue weighted by Gasteiger charge is 2.72. The van der Waals surface area contributed by atoms with Gasteiger partial charge in [-0.25, -0.2) is 0 Å². The normalized spacial score (nSPS) is 30.9. The lowest BCUT2D eigenvalue weighted by Gasteiger charge is -2.34. The highest BCUT2D eigenvalue weighted by Crippen LogP contribution is 2.55. The van der Waals surface area contributed by atoms with E-state index in [4.69, 9.17) is 14.2 Å². The molecule has 4 aliphatic rings. The molecule has 0 aromatic heterocycles. The zero-order valence-electron chi connectivity index (χ0n) is 20.9. The topological polar surface area (TPSA) is 106 Å². The fourth-order valence-corrected chi connectivity index (χ4v) is 6.31. The molecule has 9 nitrogen and oxygen atoms in total. The molecule has 1 spiro atoms. The van der Waals surface area contributed by atoms with Crippen LogP contribution in [0, 0.1) is 11.8 Å². The van der Waals surface area contributed by atoms with E-state index < -0.39 is 29.6 Å². The number of likely N-dealkylation sites (tertiary alicyclic amines) is 1. The number of carbonyl (C=O) groups is 3. The van der Waals surface area contributed by atoms with E-state index >= 15 is 0 Å². The average Bonchev–Trinajstić information content (AvgIpc) is 3.53. The van der Waals surface area contributed by atoms with Crippen LogP contribution in [-0.2, 0) is 23.9 Å². The third-order valence-corrected chi connectivity index (χ3v) is 7.98. The van der Waals surface area contributed by atoms with E-state index in [2.05, 4.69) is 10.6 Å². The molecule has 9 heteroatoms. The van der Waals surface area contributed by atoms with Gasteiger partial charge in [-0.05, 0) is 43.5 Å². The fraction of sp³-hybridized carbons (Fsp3) is 0.593. The van der Waals surface area contributed by atoms with Gasteiger partial charge in [0.15, 0.2) is 0 Å². The van der Waals surface area contributed by atoms with Crippen molar-refractivity contribution >= 4 is 23.4 Å². The van der Waals surface area contributed by atoms with Crippen LogP contribution in [0.4, 0.5) is 5.69 Å². The van der Waals surface area contributed by atoms with Crippen LogP contribution in [0.5, 0.6) is 5.75 Å². The summed E-state index contributed by atoms with van der Waals surface area (Å²) in [4.78, 5) is 42.6. The van der Waals surface area contributed by atoms with E-state index in [1.165, 1.54) is 6.42 Å². The van der Waals surface area contributed by atoms with Gasteiger partial charge in [0.2, 0.25) is 17.7 Å².